The minimum atomic E-state index is -1.92. The van der Waals surface area contributed by atoms with Crippen LogP contribution in [0.25, 0.3) is 0 Å². The molecule has 128 valence electrons. The first-order valence-corrected chi connectivity index (χ1v) is 7.79. The molecule has 0 saturated carbocycles. The highest BCUT2D eigenvalue weighted by atomic mass is 19.1. The molecule has 2 amide bonds. The van der Waals surface area contributed by atoms with Gasteiger partial charge in [0.2, 0.25) is 0 Å². The molecule has 0 unspecified atom stereocenters. The van der Waals surface area contributed by atoms with Gasteiger partial charge in [-0.05, 0) is 13.0 Å². The van der Waals surface area contributed by atoms with Crippen molar-refractivity contribution in [3.8, 4) is 0 Å². The maximum atomic E-state index is 14.7. The molecule has 8 heteroatoms. The predicted octanol–water partition coefficient (Wildman–Crippen LogP) is 0.610. The number of ether oxygens (including phenoxy) is 1. The van der Waals surface area contributed by atoms with Crippen molar-refractivity contribution in [1.82, 2.24) is 20.0 Å². The standard InChI is InChI=1S/C15H23FN4O3/c1-3-20-8-4-12(18-20)13(21)19-9-5-15(16,6-10-19)14(22)17-7-11-23-2/h4,8H,3,5-7,9-11H2,1-2H3,(H,17,22). The van der Waals surface area contributed by atoms with Crippen molar-refractivity contribution < 1.29 is 18.7 Å². The normalized spacial score (nSPS) is 17.1. The molecule has 1 aliphatic rings. The van der Waals surface area contributed by atoms with Crippen molar-refractivity contribution in [2.75, 3.05) is 33.4 Å². The third-order valence-corrected chi connectivity index (χ3v) is 4.03. The molecule has 1 aromatic rings. The molecule has 0 spiro atoms. The van der Waals surface area contributed by atoms with Crippen molar-refractivity contribution in [3.63, 3.8) is 0 Å². The number of likely N-dealkylation sites (tertiary alicyclic amines) is 1. The molecule has 0 atom stereocenters. The Bertz CT molecular complexity index is 553. The van der Waals surface area contributed by atoms with Gasteiger partial charge in [0, 0.05) is 52.3 Å². The monoisotopic (exact) mass is 326 g/mol. The quantitative estimate of drug-likeness (QED) is 0.777. The van der Waals surface area contributed by atoms with Gasteiger partial charge in [-0.25, -0.2) is 4.39 Å². The summed E-state index contributed by atoms with van der Waals surface area (Å²) in [5.41, 5.74) is -1.57. The number of amides is 2. The first kappa shape index (κ1) is 17.4. The van der Waals surface area contributed by atoms with Crippen LogP contribution in [0.15, 0.2) is 12.3 Å². The van der Waals surface area contributed by atoms with Crippen molar-refractivity contribution in [2.24, 2.45) is 0 Å². The maximum Gasteiger partial charge on any atom is 0.274 e. The number of aromatic nitrogens is 2. The number of carbonyl (C=O) groups is 2. The zero-order valence-corrected chi connectivity index (χ0v) is 13.5. The molecule has 23 heavy (non-hydrogen) atoms. The Morgan fingerprint density at radius 1 is 1.43 bits per heavy atom. The molecule has 0 bridgehead atoms. The van der Waals surface area contributed by atoms with E-state index in [1.54, 1.807) is 21.8 Å². The maximum absolute atomic E-state index is 14.7. The van der Waals surface area contributed by atoms with E-state index in [1.165, 1.54) is 7.11 Å². The van der Waals surface area contributed by atoms with Crippen molar-refractivity contribution in [3.05, 3.63) is 18.0 Å². The van der Waals surface area contributed by atoms with Gasteiger partial charge in [0.25, 0.3) is 11.8 Å². The first-order chi connectivity index (χ1) is 11.0. The zero-order valence-electron chi connectivity index (χ0n) is 13.5. The number of alkyl halides is 1. The fraction of sp³-hybridized carbons (Fsp3) is 0.667. The van der Waals surface area contributed by atoms with E-state index in [-0.39, 0.29) is 38.4 Å². The van der Waals surface area contributed by atoms with Crippen LogP contribution in [0.3, 0.4) is 0 Å². The summed E-state index contributed by atoms with van der Waals surface area (Å²) in [5, 5.41) is 6.69. The van der Waals surface area contributed by atoms with Gasteiger partial charge in [-0.3, -0.25) is 14.3 Å². The zero-order chi connectivity index (χ0) is 16.9. The molecule has 0 aromatic carbocycles. The number of aryl methyl sites for hydroxylation is 1. The Balaban J connectivity index is 1.89. The minimum absolute atomic E-state index is 0.00790. The minimum Gasteiger partial charge on any atom is -0.383 e. The summed E-state index contributed by atoms with van der Waals surface area (Å²) in [5.74, 6) is -0.851. The molecule has 0 aliphatic carbocycles. The second kappa shape index (κ2) is 7.54. The Hall–Kier alpha value is -1.96. The van der Waals surface area contributed by atoms with Gasteiger partial charge < -0.3 is 15.0 Å². The molecular weight excluding hydrogens is 303 g/mol. The first-order valence-electron chi connectivity index (χ1n) is 7.79. The Morgan fingerprint density at radius 2 is 2.13 bits per heavy atom. The molecular formula is C15H23FN4O3. The second-order valence-corrected chi connectivity index (χ2v) is 5.56. The lowest BCUT2D eigenvalue weighted by molar-refractivity contribution is -0.135. The lowest BCUT2D eigenvalue weighted by Gasteiger charge is -2.35. The van der Waals surface area contributed by atoms with E-state index in [9.17, 15) is 14.0 Å². The predicted molar refractivity (Wildman–Crippen MR) is 81.8 cm³/mol. The molecule has 1 N–H and O–H groups in total. The SMILES string of the molecule is CCn1ccc(C(=O)N2CCC(F)(C(=O)NCCOC)CC2)n1. The van der Waals surface area contributed by atoms with E-state index in [0.717, 1.165) is 0 Å². The van der Waals surface area contributed by atoms with Crippen LogP contribution in [0.2, 0.25) is 0 Å². The van der Waals surface area contributed by atoms with Crippen LogP contribution in [0.5, 0.6) is 0 Å². The summed E-state index contributed by atoms with van der Waals surface area (Å²) in [6.07, 6.45) is 1.72. The summed E-state index contributed by atoms with van der Waals surface area (Å²) in [6, 6.07) is 1.65. The molecule has 1 aromatic heterocycles. The van der Waals surface area contributed by atoms with Gasteiger partial charge in [0.15, 0.2) is 5.67 Å². The van der Waals surface area contributed by atoms with Gasteiger partial charge in [0.05, 0.1) is 6.61 Å². The molecule has 7 nitrogen and oxygen atoms in total. The van der Waals surface area contributed by atoms with Crippen molar-refractivity contribution >= 4 is 11.8 Å². The number of hydrogen-bond acceptors (Lipinski definition) is 4. The number of nitrogens with one attached hydrogen (secondary N) is 1. The summed E-state index contributed by atoms with van der Waals surface area (Å²) in [4.78, 5) is 25.8. The molecule has 1 fully saturated rings. The summed E-state index contributed by atoms with van der Waals surface area (Å²) < 4.78 is 21.2. The van der Waals surface area contributed by atoms with E-state index >= 15 is 0 Å². The summed E-state index contributed by atoms with van der Waals surface area (Å²) in [6.45, 7) is 3.63. The lowest BCUT2D eigenvalue weighted by atomic mass is 9.92. The van der Waals surface area contributed by atoms with E-state index < -0.39 is 11.6 Å². The number of rotatable bonds is 6. The second-order valence-electron chi connectivity index (χ2n) is 5.56. The van der Waals surface area contributed by atoms with Crippen molar-refractivity contribution in [1.29, 1.82) is 0 Å². The largest absolute Gasteiger partial charge is 0.383 e. The number of methoxy groups -OCH3 is 1. The van der Waals surface area contributed by atoms with Crippen molar-refractivity contribution in [2.45, 2.75) is 32.0 Å². The van der Waals surface area contributed by atoms with Crippen LogP contribution in [0.1, 0.15) is 30.3 Å². The molecule has 1 saturated heterocycles. The van der Waals surface area contributed by atoms with E-state index in [0.29, 0.717) is 18.8 Å². The Morgan fingerprint density at radius 3 is 2.70 bits per heavy atom. The molecule has 2 rings (SSSR count). The smallest absolute Gasteiger partial charge is 0.274 e. The van der Waals surface area contributed by atoms with Gasteiger partial charge >= 0.3 is 0 Å². The van der Waals surface area contributed by atoms with Crippen LogP contribution in [0.4, 0.5) is 4.39 Å². The lowest BCUT2D eigenvalue weighted by Crippen LogP contribution is -2.52. The van der Waals surface area contributed by atoms with Gasteiger partial charge in [-0.1, -0.05) is 0 Å². The van der Waals surface area contributed by atoms with E-state index in [1.807, 2.05) is 6.92 Å². The number of halogens is 1. The van der Waals surface area contributed by atoms with Crippen LogP contribution in [-0.4, -0.2) is 65.5 Å². The van der Waals surface area contributed by atoms with Gasteiger partial charge in [0.1, 0.15) is 5.69 Å². The third kappa shape index (κ3) is 4.07. The van der Waals surface area contributed by atoms with Crippen LogP contribution in [0, 0.1) is 0 Å². The van der Waals surface area contributed by atoms with Crippen LogP contribution < -0.4 is 5.32 Å². The number of nitrogens with zero attached hydrogens (tertiary/aromatic N) is 3. The molecule has 1 aliphatic heterocycles. The van der Waals surface area contributed by atoms with E-state index in [4.69, 9.17) is 4.74 Å². The van der Waals surface area contributed by atoms with Crippen LogP contribution >= 0.6 is 0 Å². The summed E-state index contributed by atoms with van der Waals surface area (Å²) >= 11 is 0. The molecule has 2 heterocycles. The fourth-order valence-electron chi connectivity index (χ4n) is 2.53. The average molecular weight is 326 g/mol. The Kier molecular flexibility index (Phi) is 5.70. The summed E-state index contributed by atoms with van der Waals surface area (Å²) in [7, 11) is 1.52. The van der Waals surface area contributed by atoms with Gasteiger partial charge in [-0.2, -0.15) is 5.10 Å². The van der Waals surface area contributed by atoms with Crippen LogP contribution in [-0.2, 0) is 16.1 Å². The number of carbonyl (C=O) groups excluding carboxylic acids is 2. The highest BCUT2D eigenvalue weighted by Gasteiger charge is 2.42. The van der Waals surface area contributed by atoms with E-state index in [2.05, 4.69) is 10.4 Å². The molecule has 0 radical (unpaired) electrons. The fourth-order valence-corrected chi connectivity index (χ4v) is 2.53. The topological polar surface area (TPSA) is 76.5 Å². The van der Waals surface area contributed by atoms with Gasteiger partial charge in [-0.15, -0.1) is 0 Å². The highest BCUT2D eigenvalue weighted by Crippen LogP contribution is 2.27. The highest BCUT2D eigenvalue weighted by molar-refractivity contribution is 5.92. The third-order valence-electron chi connectivity index (χ3n) is 4.03. The average Bonchev–Trinajstić information content (AvgIpc) is 3.04. The number of piperidine rings is 1. The number of hydrogen-bond donors (Lipinski definition) is 1. The Labute approximate surface area is 134 Å².